The van der Waals surface area contributed by atoms with Gasteiger partial charge in [-0.05, 0) is 24.1 Å². The Bertz CT molecular complexity index is 451. The molecule has 0 amide bonds. The van der Waals surface area contributed by atoms with E-state index < -0.39 is 0 Å². The lowest BCUT2D eigenvalue weighted by Crippen LogP contribution is -2.03. The summed E-state index contributed by atoms with van der Waals surface area (Å²) in [5.74, 6) is 0.101. The number of carbonyl (C=O) groups excluding carboxylic acids is 1. The average molecular weight is 212 g/mol. The molecule has 0 spiro atoms. The molecule has 0 aliphatic carbocycles. The van der Waals surface area contributed by atoms with E-state index in [0.29, 0.717) is 12.1 Å². The Balaban J connectivity index is 1.95. The van der Waals surface area contributed by atoms with Crippen molar-refractivity contribution in [3.05, 3.63) is 66.0 Å². The first-order valence-corrected chi connectivity index (χ1v) is 5.34. The first-order chi connectivity index (χ1) is 7.86. The normalized spacial score (nSPS) is 10.0. The van der Waals surface area contributed by atoms with Gasteiger partial charge in [-0.1, -0.05) is 36.4 Å². The van der Waals surface area contributed by atoms with Crippen LogP contribution in [0, 0.1) is 0 Å². The van der Waals surface area contributed by atoms with Crippen molar-refractivity contribution in [2.75, 3.05) is 0 Å². The summed E-state index contributed by atoms with van der Waals surface area (Å²) >= 11 is 0. The number of aromatic nitrogens is 1. The Morgan fingerprint density at radius 2 is 1.75 bits per heavy atom. The number of ketones is 1. The lowest BCUT2D eigenvalue weighted by atomic mass is 10.1. The molecule has 2 nitrogen and oxygen atoms in total. The van der Waals surface area contributed by atoms with Gasteiger partial charge in [0.1, 0.15) is 5.69 Å². The highest BCUT2D eigenvalue weighted by atomic mass is 16.2. The quantitative estimate of drug-likeness (QED) is 0.576. The second kappa shape index (κ2) is 5.21. The maximum absolute atomic E-state index is 11.8. The monoisotopic (exact) mass is 212 g/mol. The van der Waals surface area contributed by atoms with Gasteiger partial charge in [-0.25, -0.2) is 0 Å². The highest BCUT2D eigenvalue weighted by Crippen LogP contribution is 2.06. The molecule has 0 radical (unpaired) electrons. The molecule has 2 aromatic rings. The van der Waals surface area contributed by atoms with Crippen LogP contribution in [0.25, 0.3) is 0 Å². The third-order valence-electron chi connectivity index (χ3n) is 2.43. The van der Waals surface area contributed by atoms with Crippen molar-refractivity contribution in [1.29, 1.82) is 0 Å². The number of Topliss-reactive ketones (excluding diaryl/α,β-unsaturated/α-hetero) is 1. The molecular formula is C14H13NO. The molecule has 1 aromatic heterocycles. The second-order valence-corrected chi connectivity index (χ2v) is 3.62. The van der Waals surface area contributed by atoms with E-state index in [0.717, 1.165) is 6.42 Å². The zero-order valence-corrected chi connectivity index (χ0v) is 8.97. The van der Waals surface area contributed by atoms with Crippen LogP contribution in [0.3, 0.4) is 0 Å². The Kier molecular flexibility index (Phi) is 3.44. The maximum atomic E-state index is 11.8. The largest absolute Gasteiger partial charge is 0.292 e. The SMILES string of the molecule is O=[13C](CCc1ccccc1)c1ccccn1. The molecule has 0 atom stereocenters. The van der Waals surface area contributed by atoms with Gasteiger partial charge in [0.2, 0.25) is 0 Å². The number of rotatable bonds is 4. The highest BCUT2D eigenvalue weighted by Gasteiger charge is 2.06. The molecule has 2 rings (SSSR count). The van der Waals surface area contributed by atoms with E-state index >= 15 is 0 Å². The van der Waals surface area contributed by atoms with E-state index in [1.54, 1.807) is 12.3 Å². The maximum Gasteiger partial charge on any atom is 0.181 e. The van der Waals surface area contributed by atoms with Crippen LogP contribution in [0.4, 0.5) is 0 Å². The Hall–Kier alpha value is -1.96. The van der Waals surface area contributed by atoms with Gasteiger partial charge in [-0.2, -0.15) is 0 Å². The van der Waals surface area contributed by atoms with Crippen LogP contribution in [-0.2, 0) is 6.42 Å². The summed E-state index contributed by atoms with van der Waals surface area (Å²) < 4.78 is 0. The lowest BCUT2D eigenvalue weighted by Gasteiger charge is -2.00. The summed E-state index contributed by atoms with van der Waals surface area (Å²) in [7, 11) is 0. The predicted octanol–water partition coefficient (Wildman–Crippen LogP) is 2.90. The topological polar surface area (TPSA) is 30.0 Å². The fraction of sp³-hybridized carbons (Fsp3) is 0.143. The van der Waals surface area contributed by atoms with E-state index in [-0.39, 0.29) is 5.78 Å². The zero-order chi connectivity index (χ0) is 11.2. The van der Waals surface area contributed by atoms with Crippen molar-refractivity contribution in [3.8, 4) is 0 Å². The number of carbonyl (C=O) groups is 1. The second-order valence-electron chi connectivity index (χ2n) is 3.62. The molecular weight excluding hydrogens is 199 g/mol. The van der Waals surface area contributed by atoms with Crippen LogP contribution in [0.2, 0.25) is 0 Å². The van der Waals surface area contributed by atoms with Crippen LogP contribution in [0.5, 0.6) is 0 Å². The van der Waals surface area contributed by atoms with Crippen molar-refractivity contribution in [3.63, 3.8) is 0 Å². The Morgan fingerprint density at radius 1 is 1.00 bits per heavy atom. The number of pyridine rings is 1. The Morgan fingerprint density at radius 3 is 2.44 bits per heavy atom. The molecule has 0 aliphatic rings. The zero-order valence-electron chi connectivity index (χ0n) is 8.97. The molecule has 16 heavy (non-hydrogen) atoms. The standard InChI is InChI=1S/C14H13NO/c16-14(13-8-4-5-11-15-13)10-9-12-6-2-1-3-7-12/h1-8,11H,9-10H2/i14+1. The van der Waals surface area contributed by atoms with Gasteiger partial charge >= 0.3 is 0 Å². The third-order valence-corrected chi connectivity index (χ3v) is 2.43. The van der Waals surface area contributed by atoms with Gasteiger partial charge in [-0.3, -0.25) is 9.78 Å². The number of hydrogen-bond donors (Lipinski definition) is 0. The average Bonchev–Trinajstić information content (AvgIpc) is 2.38. The Labute approximate surface area is 95.0 Å². The minimum atomic E-state index is 0.101. The summed E-state index contributed by atoms with van der Waals surface area (Å²) in [6, 6.07) is 15.4. The van der Waals surface area contributed by atoms with Crippen LogP contribution in [0.15, 0.2) is 54.7 Å². The molecule has 1 heterocycles. The minimum absolute atomic E-state index is 0.101. The molecule has 0 saturated carbocycles. The molecule has 1 aromatic carbocycles. The smallest absolute Gasteiger partial charge is 0.181 e. The molecule has 0 fully saturated rings. The fourth-order valence-electron chi connectivity index (χ4n) is 1.56. The van der Waals surface area contributed by atoms with E-state index in [4.69, 9.17) is 0 Å². The highest BCUT2D eigenvalue weighted by molar-refractivity contribution is 5.94. The van der Waals surface area contributed by atoms with Crippen molar-refractivity contribution in [2.45, 2.75) is 12.8 Å². The summed E-state index contributed by atoms with van der Waals surface area (Å²) in [4.78, 5) is 15.8. The number of aryl methyl sites for hydroxylation is 1. The molecule has 2 heteroatoms. The van der Waals surface area contributed by atoms with Gasteiger partial charge in [0.15, 0.2) is 5.78 Å². The fourth-order valence-corrected chi connectivity index (χ4v) is 1.56. The van der Waals surface area contributed by atoms with Crippen LogP contribution in [0.1, 0.15) is 22.5 Å². The summed E-state index contributed by atoms with van der Waals surface area (Å²) in [5, 5.41) is 0. The first-order valence-electron chi connectivity index (χ1n) is 5.34. The minimum Gasteiger partial charge on any atom is -0.292 e. The van der Waals surface area contributed by atoms with Gasteiger partial charge in [0.05, 0.1) is 0 Å². The van der Waals surface area contributed by atoms with E-state index in [2.05, 4.69) is 4.98 Å². The van der Waals surface area contributed by atoms with Gasteiger partial charge < -0.3 is 0 Å². The predicted molar refractivity (Wildman–Crippen MR) is 63.3 cm³/mol. The van der Waals surface area contributed by atoms with E-state index in [1.165, 1.54) is 5.56 Å². The van der Waals surface area contributed by atoms with Gasteiger partial charge in [0, 0.05) is 12.6 Å². The number of hydrogen-bond acceptors (Lipinski definition) is 2. The van der Waals surface area contributed by atoms with E-state index in [9.17, 15) is 4.79 Å². The first kappa shape index (κ1) is 10.6. The van der Waals surface area contributed by atoms with Crippen molar-refractivity contribution < 1.29 is 4.79 Å². The van der Waals surface area contributed by atoms with Crippen molar-refractivity contribution in [2.24, 2.45) is 0 Å². The van der Waals surface area contributed by atoms with Crippen molar-refractivity contribution in [1.82, 2.24) is 4.98 Å². The van der Waals surface area contributed by atoms with Crippen LogP contribution >= 0.6 is 0 Å². The lowest BCUT2D eigenvalue weighted by molar-refractivity contribution is 0.0978. The van der Waals surface area contributed by atoms with E-state index in [1.807, 2.05) is 42.5 Å². The summed E-state index contributed by atoms with van der Waals surface area (Å²) in [6.45, 7) is 0. The molecule has 0 bridgehead atoms. The van der Waals surface area contributed by atoms with Gasteiger partial charge in [0.25, 0.3) is 0 Å². The summed E-state index contributed by atoms with van der Waals surface area (Å²) in [6.07, 6.45) is 2.94. The summed E-state index contributed by atoms with van der Waals surface area (Å²) in [5.41, 5.74) is 1.74. The van der Waals surface area contributed by atoms with Crippen LogP contribution in [-0.4, -0.2) is 10.8 Å². The number of nitrogens with zero attached hydrogens (tertiary/aromatic N) is 1. The third kappa shape index (κ3) is 2.76. The van der Waals surface area contributed by atoms with Crippen molar-refractivity contribution >= 4 is 5.78 Å². The number of benzene rings is 1. The molecule has 0 unspecified atom stereocenters. The molecule has 0 aliphatic heterocycles. The molecule has 80 valence electrons. The van der Waals surface area contributed by atoms with Gasteiger partial charge in [-0.15, -0.1) is 0 Å². The van der Waals surface area contributed by atoms with Crippen LogP contribution < -0.4 is 0 Å². The molecule has 0 saturated heterocycles. The molecule has 0 N–H and O–H groups in total.